The van der Waals surface area contributed by atoms with E-state index in [1.807, 2.05) is 0 Å². The van der Waals surface area contributed by atoms with Crippen LogP contribution < -0.4 is 11.5 Å². The van der Waals surface area contributed by atoms with Crippen molar-refractivity contribution in [1.29, 1.82) is 0 Å². The largest absolute Gasteiger partial charge is 0.465 e. The zero-order valence-electron chi connectivity index (χ0n) is 21.0. The Labute approximate surface area is 194 Å². The van der Waals surface area contributed by atoms with Gasteiger partial charge in [-0.3, -0.25) is 4.79 Å². The Hall–Kier alpha value is -0.610. The van der Waals surface area contributed by atoms with Crippen LogP contribution in [0.5, 0.6) is 0 Å². The van der Waals surface area contributed by atoms with E-state index in [1.165, 1.54) is 109 Å². The van der Waals surface area contributed by atoms with Gasteiger partial charge in [-0.15, -0.1) is 0 Å². The first-order valence-electron chi connectivity index (χ1n) is 13.8. The zero-order valence-corrected chi connectivity index (χ0v) is 21.0. The van der Waals surface area contributed by atoms with Crippen LogP contribution in [-0.2, 0) is 9.53 Å². The summed E-state index contributed by atoms with van der Waals surface area (Å²) < 4.78 is 5.27. The van der Waals surface area contributed by atoms with Gasteiger partial charge in [0.05, 0.1) is 6.61 Å². The maximum Gasteiger partial charge on any atom is 0.322 e. The predicted molar refractivity (Wildman–Crippen MR) is 135 cm³/mol. The molecule has 0 radical (unpaired) electrons. The summed E-state index contributed by atoms with van der Waals surface area (Å²) in [7, 11) is 0. The summed E-state index contributed by atoms with van der Waals surface area (Å²) in [6.07, 6.45) is 28.5. The average molecular weight is 441 g/mol. The van der Waals surface area contributed by atoms with E-state index in [0.29, 0.717) is 19.6 Å². The molecule has 0 unspecified atom stereocenters. The number of carbonyl (C=O) groups is 1. The molecule has 31 heavy (non-hydrogen) atoms. The molecule has 4 nitrogen and oxygen atoms in total. The summed E-state index contributed by atoms with van der Waals surface area (Å²) in [6.45, 7) is 3.46. The van der Waals surface area contributed by atoms with E-state index < -0.39 is 6.04 Å². The summed E-state index contributed by atoms with van der Waals surface area (Å²) in [4.78, 5) is 11.8. The van der Waals surface area contributed by atoms with Crippen molar-refractivity contribution < 1.29 is 9.53 Å². The molecule has 0 amide bonds. The average Bonchev–Trinajstić information content (AvgIpc) is 2.77. The SMILES string of the molecule is CCCCCCCCCCCCCCCCCCCCCOC(=O)[C@@H](N)CCCCN. The fourth-order valence-electron chi connectivity index (χ4n) is 4.09. The van der Waals surface area contributed by atoms with Crippen molar-refractivity contribution in [1.82, 2.24) is 0 Å². The topological polar surface area (TPSA) is 78.3 Å². The third-order valence-electron chi connectivity index (χ3n) is 6.26. The lowest BCUT2D eigenvalue weighted by Crippen LogP contribution is -2.32. The maximum absolute atomic E-state index is 11.8. The minimum absolute atomic E-state index is 0.251. The van der Waals surface area contributed by atoms with E-state index in [-0.39, 0.29) is 5.97 Å². The Morgan fingerprint density at radius 2 is 1.00 bits per heavy atom. The summed E-state index contributed by atoms with van der Waals surface area (Å²) in [5.41, 5.74) is 11.3. The van der Waals surface area contributed by atoms with Gasteiger partial charge in [-0.2, -0.15) is 0 Å². The second-order valence-corrected chi connectivity index (χ2v) is 9.42. The molecule has 0 aromatic rings. The van der Waals surface area contributed by atoms with Gasteiger partial charge >= 0.3 is 5.97 Å². The number of ether oxygens (including phenoxy) is 1. The standard InChI is InChI=1S/C27H56N2O2/c1-2-3-4-5-6-7-8-9-10-11-12-13-14-15-16-17-18-19-22-25-31-27(30)26(29)23-20-21-24-28/h26H,2-25,28-29H2,1H3/t26-/m0/s1. The fraction of sp³-hybridized carbons (Fsp3) is 0.963. The number of unbranched alkanes of at least 4 members (excludes halogenated alkanes) is 19. The Morgan fingerprint density at radius 1 is 0.613 bits per heavy atom. The van der Waals surface area contributed by atoms with Gasteiger partial charge in [0.2, 0.25) is 0 Å². The van der Waals surface area contributed by atoms with E-state index in [9.17, 15) is 4.79 Å². The van der Waals surface area contributed by atoms with Gasteiger partial charge in [0.25, 0.3) is 0 Å². The first-order chi connectivity index (χ1) is 15.2. The van der Waals surface area contributed by atoms with E-state index in [1.54, 1.807) is 0 Å². The molecule has 4 heteroatoms. The smallest absolute Gasteiger partial charge is 0.322 e. The molecule has 0 aliphatic heterocycles. The summed E-state index contributed by atoms with van der Waals surface area (Å²) in [5, 5.41) is 0. The molecule has 0 aromatic heterocycles. The molecule has 0 fully saturated rings. The molecular formula is C27H56N2O2. The van der Waals surface area contributed by atoms with Crippen molar-refractivity contribution in [2.45, 2.75) is 154 Å². The van der Waals surface area contributed by atoms with Crippen LogP contribution in [0.3, 0.4) is 0 Å². The van der Waals surface area contributed by atoms with Gasteiger partial charge in [0.15, 0.2) is 0 Å². The molecular weight excluding hydrogens is 384 g/mol. The second kappa shape index (κ2) is 25.6. The van der Waals surface area contributed by atoms with Crippen molar-refractivity contribution >= 4 is 5.97 Å². The van der Waals surface area contributed by atoms with Crippen molar-refractivity contribution in [2.24, 2.45) is 11.5 Å². The van der Waals surface area contributed by atoms with E-state index in [4.69, 9.17) is 16.2 Å². The van der Waals surface area contributed by atoms with Gasteiger partial charge in [0, 0.05) is 0 Å². The van der Waals surface area contributed by atoms with Crippen LogP contribution in [0.1, 0.15) is 148 Å². The molecule has 186 valence electrons. The lowest BCUT2D eigenvalue weighted by atomic mass is 10.0. The Balaban J connectivity index is 3.16. The predicted octanol–water partition coefficient (Wildman–Crippen LogP) is 7.42. The minimum Gasteiger partial charge on any atom is -0.465 e. The van der Waals surface area contributed by atoms with Crippen molar-refractivity contribution in [3.05, 3.63) is 0 Å². The normalized spacial score (nSPS) is 12.2. The van der Waals surface area contributed by atoms with Crippen LogP contribution >= 0.6 is 0 Å². The molecule has 4 N–H and O–H groups in total. The minimum atomic E-state index is -0.480. The fourth-order valence-corrected chi connectivity index (χ4v) is 4.09. The molecule has 0 aliphatic carbocycles. The number of hydrogen-bond donors (Lipinski definition) is 2. The second-order valence-electron chi connectivity index (χ2n) is 9.42. The van der Waals surface area contributed by atoms with Gasteiger partial charge in [-0.1, -0.05) is 129 Å². The Bertz CT molecular complexity index is 363. The van der Waals surface area contributed by atoms with Gasteiger partial charge in [0.1, 0.15) is 6.04 Å². The van der Waals surface area contributed by atoms with Crippen LogP contribution in [0, 0.1) is 0 Å². The number of esters is 1. The maximum atomic E-state index is 11.8. The van der Waals surface area contributed by atoms with E-state index in [2.05, 4.69) is 6.92 Å². The van der Waals surface area contributed by atoms with Crippen molar-refractivity contribution in [2.75, 3.05) is 13.2 Å². The van der Waals surface area contributed by atoms with Crippen LogP contribution in [0.4, 0.5) is 0 Å². The van der Waals surface area contributed by atoms with Crippen LogP contribution in [0.15, 0.2) is 0 Å². The lowest BCUT2D eigenvalue weighted by Gasteiger charge is -2.11. The van der Waals surface area contributed by atoms with Crippen molar-refractivity contribution in [3.8, 4) is 0 Å². The summed E-state index contributed by atoms with van der Waals surface area (Å²) in [5.74, 6) is -0.251. The first kappa shape index (κ1) is 30.4. The van der Waals surface area contributed by atoms with E-state index >= 15 is 0 Å². The van der Waals surface area contributed by atoms with Crippen LogP contribution in [0.2, 0.25) is 0 Å². The van der Waals surface area contributed by atoms with E-state index in [0.717, 1.165) is 25.7 Å². The summed E-state index contributed by atoms with van der Waals surface area (Å²) in [6, 6.07) is -0.480. The third kappa shape index (κ3) is 23.9. The number of hydrogen-bond acceptors (Lipinski definition) is 4. The summed E-state index contributed by atoms with van der Waals surface area (Å²) >= 11 is 0. The highest BCUT2D eigenvalue weighted by Crippen LogP contribution is 2.14. The molecule has 0 rings (SSSR count). The van der Waals surface area contributed by atoms with Crippen LogP contribution in [-0.4, -0.2) is 25.2 Å². The molecule has 0 spiro atoms. The number of nitrogens with two attached hydrogens (primary N) is 2. The monoisotopic (exact) mass is 440 g/mol. The first-order valence-corrected chi connectivity index (χ1v) is 13.8. The molecule has 0 saturated heterocycles. The highest BCUT2D eigenvalue weighted by Gasteiger charge is 2.13. The Morgan fingerprint density at radius 3 is 1.39 bits per heavy atom. The van der Waals surface area contributed by atoms with Crippen molar-refractivity contribution in [3.63, 3.8) is 0 Å². The number of rotatable bonds is 25. The highest BCUT2D eigenvalue weighted by molar-refractivity contribution is 5.75. The van der Waals surface area contributed by atoms with Gasteiger partial charge < -0.3 is 16.2 Å². The van der Waals surface area contributed by atoms with Crippen LogP contribution in [0.25, 0.3) is 0 Å². The Kier molecular flexibility index (Phi) is 25.1. The molecule has 0 bridgehead atoms. The quantitative estimate of drug-likeness (QED) is 0.114. The lowest BCUT2D eigenvalue weighted by molar-refractivity contribution is -0.145. The molecule has 1 atom stereocenters. The van der Waals surface area contributed by atoms with Gasteiger partial charge in [-0.25, -0.2) is 0 Å². The molecule has 0 saturated carbocycles. The number of carbonyl (C=O) groups excluding carboxylic acids is 1. The molecule has 0 aliphatic rings. The molecule has 0 aromatic carbocycles. The highest BCUT2D eigenvalue weighted by atomic mass is 16.5. The third-order valence-corrected chi connectivity index (χ3v) is 6.26. The zero-order chi connectivity index (χ0) is 22.8. The molecule has 0 heterocycles. The van der Waals surface area contributed by atoms with Gasteiger partial charge in [-0.05, 0) is 25.8 Å².